The van der Waals surface area contributed by atoms with E-state index in [1.54, 1.807) is 18.7 Å². The van der Waals surface area contributed by atoms with Gasteiger partial charge in [-0.15, -0.1) is 0 Å². The number of nitrogens with zero attached hydrogens (tertiary/aromatic N) is 4. The van der Waals surface area contributed by atoms with Crippen molar-refractivity contribution in [3.8, 4) is 22.4 Å². The zero-order valence-electron chi connectivity index (χ0n) is 35.3. The second kappa shape index (κ2) is 17.2. The third-order valence-electron chi connectivity index (χ3n) is 13.1. The van der Waals surface area contributed by atoms with Crippen molar-refractivity contribution in [3.05, 3.63) is 70.3 Å². The van der Waals surface area contributed by atoms with E-state index in [1.807, 2.05) is 17.3 Å². The highest BCUT2D eigenvalue weighted by Gasteiger charge is 2.41. The zero-order valence-corrected chi connectivity index (χ0v) is 35.3. The molecule has 5 aliphatic rings. The molecule has 8 rings (SSSR count). The molecule has 4 heterocycles. The molecule has 6 atom stereocenters. The summed E-state index contributed by atoms with van der Waals surface area (Å²) >= 11 is 0. The molecule has 3 aliphatic heterocycles. The van der Waals surface area contributed by atoms with E-state index in [1.165, 1.54) is 67.4 Å². The van der Waals surface area contributed by atoms with Crippen LogP contribution in [0, 0.1) is 0 Å². The van der Waals surface area contributed by atoms with Gasteiger partial charge in [0, 0.05) is 51.2 Å². The molecule has 0 bridgehead atoms. The van der Waals surface area contributed by atoms with Crippen LogP contribution in [0.5, 0.6) is 0 Å². The van der Waals surface area contributed by atoms with Crippen LogP contribution in [0.3, 0.4) is 0 Å². The second-order valence-corrected chi connectivity index (χ2v) is 16.5. The summed E-state index contributed by atoms with van der Waals surface area (Å²) in [6.45, 7) is 4.66. The van der Waals surface area contributed by atoms with Gasteiger partial charge in [0.2, 0.25) is 11.8 Å². The Morgan fingerprint density at radius 2 is 1.20 bits per heavy atom. The molecule has 15 nitrogen and oxygen atoms in total. The van der Waals surface area contributed by atoms with Gasteiger partial charge in [0.15, 0.2) is 0 Å². The summed E-state index contributed by atoms with van der Waals surface area (Å²) in [5, 5.41) is 5.33. The Hall–Kier alpha value is -5.54. The number of hydrogen-bond donors (Lipinski definition) is 3. The van der Waals surface area contributed by atoms with Crippen molar-refractivity contribution in [1.29, 1.82) is 0 Å². The number of amides is 4. The SMILES string of the molecule is COC(=O)NC(C(=O)N1CCC[C@H]1c1ncc(-c2cc3c4c(c2)CCc2cc(C5=CN=C([C@@H]6CCCN6C(=O)[C@@H](NC(=O)OC)[C@@H](C)OC)C5)cc(c2-4)CC3)[nH]1)[C@@H](C)OC. The van der Waals surface area contributed by atoms with Crippen LogP contribution in [0.2, 0.25) is 0 Å². The topological polar surface area (TPSA) is 177 Å². The molecule has 0 saturated carbocycles. The van der Waals surface area contributed by atoms with Crippen molar-refractivity contribution >= 4 is 35.3 Å². The molecule has 2 saturated heterocycles. The molecule has 318 valence electrons. The lowest BCUT2D eigenvalue weighted by Crippen LogP contribution is -2.56. The molecule has 1 aromatic heterocycles. The first-order valence-corrected chi connectivity index (χ1v) is 21.0. The van der Waals surface area contributed by atoms with Crippen LogP contribution in [0.15, 0.2) is 41.7 Å². The van der Waals surface area contributed by atoms with Gasteiger partial charge in [-0.25, -0.2) is 14.6 Å². The normalized spacial score (nSPS) is 21.0. The second-order valence-electron chi connectivity index (χ2n) is 16.5. The molecule has 0 radical (unpaired) electrons. The molecule has 0 spiro atoms. The molecule has 2 aromatic carbocycles. The average Bonchev–Trinajstić information content (AvgIpc) is 4.12. The highest BCUT2D eigenvalue weighted by atomic mass is 16.5. The summed E-state index contributed by atoms with van der Waals surface area (Å²) in [5.74, 6) is 0.306. The van der Waals surface area contributed by atoms with Gasteiger partial charge in [-0.2, -0.15) is 0 Å². The van der Waals surface area contributed by atoms with E-state index in [9.17, 15) is 19.2 Å². The molecule has 2 fully saturated rings. The van der Waals surface area contributed by atoms with E-state index in [0.717, 1.165) is 79.7 Å². The van der Waals surface area contributed by atoms with E-state index < -0.39 is 36.5 Å². The van der Waals surface area contributed by atoms with Crippen LogP contribution in [0.1, 0.15) is 85.6 Å². The van der Waals surface area contributed by atoms with Crippen LogP contribution in [0.4, 0.5) is 9.59 Å². The van der Waals surface area contributed by atoms with Gasteiger partial charge in [0.05, 0.1) is 50.4 Å². The van der Waals surface area contributed by atoms with E-state index in [4.69, 9.17) is 28.9 Å². The molecule has 1 unspecified atom stereocenters. The minimum Gasteiger partial charge on any atom is -0.453 e. The van der Waals surface area contributed by atoms with E-state index in [0.29, 0.717) is 19.5 Å². The number of carbonyl (C=O) groups excluding carboxylic acids is 4. The van der Waals surface area contributed by atoms with Crippen molar-refractivity contribution in [2.24, 2.45) is 4.99 Å². The van der Waals surface area contributed by atoms with Crippen LogP contribution < -0.4 is 10.6 Å². The number of methoxy groups -OCH3 is 4. The van der Waals surface area contributed by atoms with Crippen molar-refractivity contribution in [2.75, 3.05) is 41.5 Å². The van der Waals surface area contributed by atoms with Crippen molar-refractivity contribution in [1.82, 2.24) is 30.4 Å². The predicted molar refractivity (Wildman–Crippen MR) is 224 cm³/mol. The lowest BCUT2D eigenvalue weighted by molar-refractivity contribution is -0.138. The predicted octanol–water partition coefficient (Wildman–Crippen LogP) is 5.30. The Morgan fingerprint density at radius 1 is 0.717 bits per heavy atom. The molecule has 2 aliphatic carbocycles. The number of aliphatic imine (C=N–C) groups is 1. The first kappa shape index (κ1) is 41.2. The number of aryl methyl sites for hydroxylation is 4. The van der Waals surface area contributed by atoms with E-state index in [2.05, 4.69) is 39.9 Å². The summed E-state index contributed by atoms with van der Waals surface area (Å²) in [7, 11) is 5.59. The van der Waals surface area contributed by atoms with Crippen LogP contribution in [-0.2, 0) is 54.2 Å². The number of nitrogens with one attached hydrogen (secondary N) is 3. The molecule has 3 N–H and O–H groups in total. The number of likely N-dealkylation sites (tertiary alicyclic amines) is 2. The molecule has 60 heavy (non-hydrogen) atoms. The van der Waals surface area contributed by atoms with Gasteiger partial charge in [0.1, 0.15) is 17.9 Å². The zero-order chi connectivity index (χ0) is 42.2. The number of hydrogen-bond acceptors (Lipinski definition) is 10. The van der Waals surface area contributed by atoms with Crippen LogP contribution >= 0.6 is 0 Å². The molecular formula is C45H55N7O8. The number of alkyl carbamates (subject to hydrolysis) is 2. The third kappa shape index (κ3) is 7.68. The number of aromatic nitrogens is 2. The fourth-order valence-electron chi connectivity index (χ4n) is 9.78. The van der Waals surface area contributed by atoms with Crippen molar-refractivity contribution in [3.63, 3.8) is 0 Å². The van der Waals surface area contributed by atoms with Crippen LogP contribution in [-0.4, -0.2) is 121 Å². The number of ether oxygens (including phenoxy) is 4. The number of H-pyrrole nitrogens is 1. The molecule has 15 heteroatoms. The number of carbonyl (C=O) groups is 4. The monoisotopic (exact) mass is 821 g/mol. The Bertz CT molecular complexity index is 2200. The van der Waals surface area contributed by atoms with Gasteiger partial charge in [0.25, 0.3) is 0 Å². The highest BCUT2D eigenvalue weighted by molar-refractivity contribution is 6.04. The standard InChI is InChI=1S/C45H55N7O8/c1-24(57-3)39(49-44(55)59-5)42(53)51-15-7-9-35(51)33-21-32(22-46-33)30-17-26-11-13-28-19-31(20-29-14-12-27(18-30)37(26)38(28)29)34-23-47-41(48-34)36-10-8-16-52(36)43(54)40(25(2)58-4)50-45(56)60-6/h17-20,22-25,35-36,39-40H,7-16,21H2,1-6H3,(H,47,48)(H,49,55)(H,50,56)/t24-,25-,35+,36+,39+,40?/m1/s1. The quantitative estimate of drug-likeness (QED) is 0.219. The number of imidazole rings is 1. The largest absolute Gasteiger partial charge is 0.453 e. The maximum Gasteiger partial charge on any atom is 0.407 e. The average molecular weight is 822 g/mol. The highest BCUT2D eigenvalue weighted by Crippen LogP contribution is 2.46. The Balaban J connectivity index is 0.982. The number of rotatable bonds is 12. The number of aromatic amines is 1. The Morgan fingerprint density at radius 3 is 1.70 bits per heavy atom. The Kier molecular flexibility index (Phi) is 11.8. The summed E-state index contributed by atoms with van der Waals surface area (Å²) < 4.78 is 20.5. The summed E-state index contributed by atoms with van der Waals surface area (Å²) in [6.07, 6.45) is 9.04. The first-order chi connectivity index (χ1) is 29.0. The Labute approximate surface area is 350 Å². The fourth-order valence-corrected chi connectivity index (χ4v) is 9.78. The summed E-state index contributed by atoms with van der Waals surface area (Å²) in [5.41, 5.74) is 13.4. The van der Waals surface area contributed by atoms with Gasteiger partial charge in [-0.05, 0) is 122 Å². The minimum atomic E-state index is -0.890. The van der Waals surface area contributed by atoms with Gasteiger partial charge >= 0.3 is 12.2 Å². The fraction of sp³-hybridized carbons (Fsp3) is 0.511. The van der Waals surface area contributed by atoms with Gasteiger partial charge < -0.3 is 44.4 Å². The van der Waals surface area contributed by atoms with Crippen LogP contribution in [0.25, 0.3) is 28.0 Å². The number of benzene rings is 2. The van der Waals surface area contributed by atoms with Crippen molar-refractivity contribution in [2.45, 2.75) is 108 Å². The van der Waals surface area contributed by atoms with Crippen molar-refractivity contribution < 1.29 is 38.1 Å². The van der Waals surface area contributed by atoms with Gasteiger partial charge in [-0.1, -0.05) is 12.1 Å². The van der Waals surface area contributed by atoms with E-state index in [-0.39, 0.29) is 23.9 Å². The van der Waals surface area contributed by atoms with Gasteiger partial charge in [-0.3, -0.25) is 14.6 Å². The van der Waals surface area contributed by atoms with E-state index >= 15 is 0 Å². The minimum absolute atomic E-state index is 0.144. The lowest BCUT2D eigenvalue weighted by Gasteiger charge is -2.32. The first-order valence-electron chi connectivity index (χ1n) is 21.0. The number of allylic oxidation sites excluding steroid dienone is 1. The molecular weight excluding hydrogens is 767 g/mol. The molecule has 3 aromatic rings. The maximum atomic E-state index is 13.8. The summed E-state index contributed by atoms with van der Waals surface area (Å²) in [6, 6.07) is 7.13. The summed E-state index contributed by atoms with van der Waals surface area (Å²) in [4.78, 5) is 68.7. The lowest BCUT2D eigenvalue weighted by atomic mass is 9.73. The smallest absolute Gasteiger partial charge is 0.407 e. The third-order valence-corrected chi connectivity index (χ3v) is 13.1. The molecule has 4 amide bonds. The maximum absolute atomic E-state index is 13.8.